The summed E-state index contributed by atoms with van der Waals surface area (Å²) >= 11 is 1.28. The number of carbonyl (C=O) groups excluding carboxylic acids is 4. The van der Waals surface area contributed by atoms with E-state index < -0.39 is 18.5 Å². The lowest BCUT2D eigenvalue weighted by molar-refractivity contribution is -0.148. The number of benzene rings is 1. The summed E-state index contributed by atoms with van der Waals surface area (Å²) in [5.41, 5.74) is 2.85. The number of nitrogens with one attached hydrogen (secondary N) is 1. The second-order valence-corrected chi connectivity index (χ2v) is 9.05. The fourth-order valence-corrected chi connectivity index (χ4v) is 4.95. The summed E-state index contributed by atoms with van der Waals surface area (Å²) in [7, 11) is 0. The number of ether oxygens (including phenoxy) is 1. The van der Waals surface area contributed by atoms with Gasteiger partial charge in [-0.2, -0.15) is 0 Å². The highest BCUT2D eigenvalue weighted by atomic mass is 32.1. The van der Waals surface area contributed by atoms with Crippen molar-refractivity contribution in [2.75, 3.05) is 18.5 Å². The minimum absolute atomic E-state index is 0.00247. The molecular formula is C23H25N3O5S. The van der Waals surface area contributed by atoms with Gasteiger partial charge in [-0.3, -0.25) is 29.4 Å². The van der Waals surface area contributed by atoms with E-state index in [1.54, 1.807) is 0 Å². The summed E-state index contributed by atoms with van der Waals surface area (Å²) in [4.78, 5) is 54.6. The lowest BCUT2D eigenvalue weighted by Gasteiger charge is -2.19. The summed E-state index contributed by atoms with van der Waals surface area (Å²) in [5, 5.41) is 4.87. The molecule has 1 aromatic heterocycles. The number of thiazole rings is 1. The number of aryl methyl sites for hydroxylation is 1. The molecule has 1 aliphatic carbocycles. The third-order valence-corrected chi connectivity index (χ3v) is 6.69. The van der Waals surface area contributed by atoms with E-state index in [2.05, 4.69) is 10.3 Å². The molecule has 9 heteroatoms. The predicted molar refractivity (Wildman–Crippen MR) is 119 cm³/mol. The van der Waals surface area contributed by atoms with Crippen molar-refractivity contribution in [3.63, 3.8) is 0 Å². The molecule has 1 aromatic carbocycles. The van der Waals surface area contributed by atoms with Gasteiger partial charge in [0.1, 0.15) is 0 Å². The van der Waals surface area contributed by atoms with Gasteiger partial charge in [0.25, 0.3) is 5.91 Å². The van der Waals surface area contributed by atoms with Crippen LogP contribution in [0.2, 0.25) is 0 Å². The van der Waals surface area contributed by atoms with Crippen LogP contribution < -0.4 is 5.32 Å². The van der Waals surface area contributed by atoms with E-state index in [0.717, 1.165) is 42.5 Å². The van der Waals surface area contributed by atoms with Crippen molar-refractivity contribution >= 4 is 40.2 Å². The fourth-order valence-electron chi connectivity index (χ4n) is 4.22. The maximum atomic E-state index is 12.4. The second-order valence-electron chi connectivity index (χ2n) is 8.19. The first kappa shape index (κ1) is 22.1. The van der Waals surface area contributed by atoms with Crippen molar-refractivity contribution in [3.8, 4) is 11.3 Å². The Kier molecular flexibility index (Phi) is 6.64. The Morgan fingerprint density at radius 1 is 1.12 bits per heavy atom. The van der Waals surface area contributed by atoms with Gasteiger partial charge in [0, 0.05) is 17.5 Å². The van der Waals surface area contributed by atoms with Crippen molar-refractivity contribution in [3.05, 3.63) is 35.2 Å². The fraction of sp³-hybridized carbons (Fsp3) is 0.435. The molecule has 0 radical (unpaired) electrons. The maximum absolute atomic E-state index is 12.4. The minimum Gasteiger partial charge on any atom is -0.456 e. The Balaban J connectivity index is 1.21. The van der Waals surface area contributed by atoms with Gasteiger partial charge in [-0.25, -0.2) is 4.98 Å². The number of hydrogen-bond donors (Lipinski definition) is 1. The van der Waals surface area contributed by atoms with Crippen LogP contribution in [-0.2, 0) is 23.9 Å². The van der Waals surface area contributed by atoms with Gasteiger partial charge in [-0.05, 0) is 19.8 Å². The van der Waals surface area contributed by atoms with Crippen LogP contribution in [0.15, 0.2) is 29.6 Å². The maximum Gasteiger partial charge on any atom is 0.308 e. The Labute approximate surface area is 190 Å². The van der Waals surface area contributed by atoms with Gasteiger partial charge in [-0.15, -0.1) is 11.3 Å². The third-order valence-electron chi connectivity index (χ3n) is 5.93. The molecule has 1 aliphatic heterocycles. The Hall–Kier alpha value is -3.07. The minimum atomic E-state index is -0.630. The number of aromatic nitrogens is 1. The number of esters is 1. The number of imide groups is 1. The molecule has 3 amide bonds. The van der Waals surface area contributed by atoms with E-state index in [9.17, 15) is 19.2 Å². The van der Waals surface area contributed by atoms with Crippen LogP contribution in [0.5, 0.6) is 0 Å². The molecule has 2 aromatic rings. The molecule has 2 fully saturated rings. The van der Waals surface area contributed by atoms with Crippen LogP contribution in [0, 0.1) is 18.8 Å². The lowest BCUT2D eigenvalue weighted by Crippen LogP contribution is -2.33. The number of nitrogens with zero attached hydrogens (tertiary/aromatic N) is 2. The van der Waals surface area contributed by atoms with Crippen molar-refractivity contribution in [1.29, 1.82) is 0 Å². The lowest BCUT2D eigenvalue weighted by atomic mass is 9.81. The zero-order chi connectivity index (χ0) is 22.7. The van der Waals surface area contributed by atoms with Gasteiger partial charge >= 0.3 is 5.97 Å². The van der Waals surface area contributed by atoms with Crippen molar-refractivity contribution in [2.45, 2.75) is 39.0 Å². The molecule has 2 heterocycles. The summed E-state index contributed by atoms with van der Waals surface area (Å²) in [6, 6.07) is 7.90. The molecule has 4 rings (SSSR count). The monoisotopic (exact) mass is 455 g/mol. The zero-order valence-corrected chi connectivity index (χ0v) is 18.7. The topological polar surface area (TPSA) is 106 Å². The second kappa shape index (κ2) is 9.60. The Morgan fingerprint density at radius 2 is 1.78 bits per heavy atom. The number of likely N-dealkylation sites (tertiary alicyclic amines) is 1. The van der Waals surface area contributed by atoms with Gasteiger partial charge in [0.15, 0.2) is 11.7 Å². The standard InChI is InChI=1S/C23H25N3O5S/c1-14-6-8-15(9-7-14)18-13-32-23(24-18)25-19(27)12-31-20(28)10-11-26-21(29)16-4-2-3-5-17(16)22(26)30/h6-9,13,16-17H,2-5,10-12H2,1H3,(H,24,25,27). The first-order valence-electron chi connectivity index (χ1n) is 10.8. The number of fused-ring (bicyclic) bond motifs is 1. The van der Waals surface area contributed by atoms with Crippen molar-refractivity contribution < 1.29 is 23.9 Å². The van der Waals surface area contributed by atoms with Crippen molar-refractivity contribution in [2.24, 2.45) is 11.8 Å². The van der Waals surface area contributed by atoms with Crippen LogP contribution in [0.4, 0.5) is 5.13 Å². The Morgan fingerprint density at radius 3 is 2.44 bits per heavy atom. The van der Waals surface area contributed by atoms with Crippen molar-refractivity contribution in [1.82, 2.24) is 9.88 Å². The van der Waals surface area contributed by atoms with Gasteiger partial charge in [-0.1, -0.05) is 42.7 Å². The molecule has 2 aliphatic rings. The highest BCUT2D eigenvalue weighted by Crippen LogP contribution is 2.38. The molecule has 168 valence electrons. The Bertz CT molecular complexity index is 1010. The molecule has 1 saturated heterocycles. The van der Waals surface area contributed by atoms with Crippen LogP contribution in [0.3, 0.4) is 0 Å². The van der Waals surface area contributed by atoms with E-state index in [4.69, 9.17) is 4.74 Å². The average Bonchev–Trinajstić information content (AvgIpc) is 3.35. The van der Waals surface area contributed by atoms with E-state index in [1.165, 1.54) is 16.2 Å². The summed E-state index contributed by atoms with van der Waals surface area (Å²) in [5.74, 6) is -1.96. The number of amides is 3. The van der Waals surface area contributed by atoms with Crippen LogP contribution >= 0.6 is 11.3 Å². The zero-order valence-electron chi connectivity index (χ0n) is 17.8. The van der Waals surface area contributed by atoms with E-state index >= 15 is 0 Å². The number of hydrogen-bond acceptors (Lipinski definition) is 7. The predicted octanol–water partition coefficient (Wildman–Crippen LogP) is 3.17. The molecule has 32 heavy (non-hydrogen) atoms. The van der Waals surface area contributed by atoms with E-state index in [1.807, 2.05) is 36.6 Å². The summed E-state index contributed by atoms with van der Waals surface area (Å²) in [6.45, 7) is 1.55. The molecule has 0 spiro atoms. The number of anilines is 1. The van der Waals surface area contributed by atoms with Gasteiger partial charge in [0.05, 0.1) is 24.0 Å². The molecular weight excluding hydrogens is 430 g/mol. The first-order chi connectivity index (χ1) is 15.4. The average molecular weight is 456 g/mol. The molecule has 1 N–H and O–H groups in total. The largest absolute Gasteiger partial charge is 0.456 e. The summed E-state index contributed by atoms with van der Waals surface area (Å²) < 4.78 is 5.01. The quantitative estimate of drug-likeness (QED) is 0.508. The van der Waals surface area contributed by atoms with Crippen LogP contribution in [0.1, 0.15) is 37.7 Å². The normalized spacial score (nSPS) is 20.2. The third kappa shape index (κ3) is 4.88. The van der Waals surface area contributed by atoms with E-state index in [-0.39, 0.29) is 36.6 Å². The molecule has 8 nitrogen and oxygen atoms in total. The number of carbonyl (C=O) groups is 4. The highest BCUT2D eigenvalue weighted by molar-refractivity contribution is 7.14. The smallest absolute Gasteiger partial charge is 0.308 e. The number of rotatable bonds is 7. The van der Waals surface area contributed by atoms with Gasteiger partial charge in [0.2, 0.25) is 11.8 Å². The molecule has 2 unspecified atom stereocenters. The van der Waals surface area contributed by atoms with E-state index in [0.29, 0.717) is 5.13 Å². The highest BCUT2D eigenvalue weighted by Gasteiger charge is 2.47. The molecule has 1 saturated carbocycles. The van der Waals surface area contributed by atoms with Crippen LogP contribution in [0.25, 0.3) is 11.3 Å². The first-order valence-corrected chi connectivity index (χ1v) is 11.6. The SMILES string of the molecule is Cc1ccc(-c2csc(NC(=O)COC(=O)CCN3C(=O)C4CCCCC4C3=O)n2)cc1. The van der Waals surface area contributed by atoms with Crippen LogP contribution in [-0.4, -0.2) is 46.7 Å². The molecule has 0 bridgehead atoms. The molecule has 2 atom stereocenters. The van der Waals surface area contributed by atoms with Gasteiger partial charge < -0.3 is 4.74 Å². The summed E-state index contributed by atoms with van der Waals surface area (Å²) in [6.07, 6.45) is 3.25.